The molecule has 0 unspecified atom stereocenters. The van der Waals surface area contributed by atoms with Gasteiger partial charge >= 0.3 is 6.09 Å². The topological polar surface area (TPSA) is 57.2 Å². The molecule has 2 aromatic rings. The molecular formula is C23H27NO5. The molecule has 0 aliphatic carbocycles. The normalized spacial score (nSPS) is 32.2. The van der Waals surface area contributed by atoms with Crippen molar-refractivity contribution in [2.24, 2.45) is 0 Å². The minimum atomic E-state index is -1.00. The number of nitrogens with zero attached hydrogens (tertiary/aromatic N) is 1. The largest absolute Gasteiger partial charge is 0.439 e. The highest BCUT2D eigenvalue weighted by molar-refractivity contribution is 5.72. The van der Waals surface area contributed by atoms with Crippen molar-refractivity contribution in [2.45, 2.75) is 50.0 Å². The van der Waals surface area contributed by atoms with Crippen LogP contribution < -0.4 is 0 Å². The number of hydrogen-bond acceptors (Lipinski definition) is 5. The summed E-state index contributed by atoms with van der Waals surface area (Å²) in [5.74, 6) is -1.00. The van der Waals surface area contributed by atoms with Gasteiger partial charge in [0.2, 0.25) is 0 Å². The fourth-order valence-corrected chi connectivity index (χ4v) is 4.39. The van der Waals surface area contributed by atoms with Gasteiger partial charge in [-0.2, -0.15) is 0 Å². The van der Waals surface area contributed by atoms with Crippen molar-refractivity contribution in [3.8, 4) is 0 Å². The number of amides is 1. The Bertz CT molecular complexity index is 830. The molecule has 6 heteroatoms. The zero-order valence-corrected chi connectivity index (χ0v) is 17.0. The highest BCUT2D eigenvalue weighted by atomic mass is 16.8. The lowest BCUT2D eigenvalue weighted by Gasteiger charge is -2.47. The van der Waals surface area contributed by atoms with E-state index in [1.807, 2.05) is 67.6 Å². The lowest BCUT2D eigenvalue weighted by molar-refractivity contribution is -0.330. The van der Waals surface area contributed by atoms with Crippen LogP contribution in [0, 0.1) is 0 Å². The maximum Gasteiger partial charge on any atom is 0.411 e. The number of carbonyl (C=O) groups is 1. The van der Waals surface area contributed by atoms with Gasteiger partial charge < -0.3 is 18.9 Å². The van der Waals surface area contributed by atoms with E-state index in [1.165, 1.54) is 0 Å². The van der Waals surface area contributed by atoms with Gasteiger partial charge in [0.05, 0.1) is 6.04 Å². The molecule has 0 radical (unpaired) electrons. The van der Waals surface area contributed by atoms with Crippen molar-refractivity contribution < 1.29 is 23.7 Å². The molecule has 2 saturated heterocycles. The summed E-state index contributed by atoms with van der Waals surface area (Å²) in [5, 5.41) is 0. The first-order valence-corrected chi connectivity index (χ1v) is 9.92. The summed E-state index contributed by atoms with van der Waals surface area (Å²) in [7, 11) is 3.21. The third-order valence-electron chi connectivity index (χ3n) is 5.94. The van der Waals surface area contributed by atoms with E-state index in [1.54, 1.807) is 19.1 Å². The minimum absolute atomic E-state index is 0.284. The van der Waals surface area contributed by atoms with Gasteiger partial charge in [-0.05, 0) is 24.5 Å². The molecular weight excluding hydrogens is 370 g/mol. The summed E-state index contributed by atoms with van der Waals surface area (Å²) in [4.78, 5) is 15.0. The summed E-state index contributed by atoms with van der Waals surface area (Å²) in [6.07, 6.45) is 0.215. The van der Waals surface area contributed by atoms with E-state index in [-0.39, 0.29) is 24.5 Å². The molecule has 4 rings (SSSR count). The lowest BCUT2D eigenvalue weighted by atomic mass is 9.91. The van der Waals surface area contributed by atoms with Gasteiger partial charge in [0.15, 0.2) is 18.2 Å². The SMILES string of the molecule is CO[C@H]1CC[C@@H](N2C(=O)O[C@@H](c3ccccc3)[C@H]2c2ccccc2)[C@@](C)(OC)O1. The van der Waals surface area contributed by atoms with Crippen molar-refractivity contribution >= 4 is 6.09 Å². The zero-order chi connectivity index (χ0) is 20.4. The van der Waals surface area contributed by atoms with Gasteiger partial charge in [0, 0.05) is 20.6 Å². The van der Waals surface area contributed by atoms with Crippen LogP contribution in [0.15, 0.2) is 60.7 Å². The molecule has 2 fully saturated rings. The van der Waals surface area contributed by atoms with Gasteiger partial charge in [0.1, 0.15) is 6.04 Å². The Kier molecular flexibility index (Phi) is 5.58. The van der Waals surface area contributed by atoms with Crippen LogP contribution in [-0.2, 0) is 18.9 Å². The number of rotatable bonds is 5. The van der Waals surface area contributed by atoms with Crippen LogP contribution in [0.3, 0.4) is 0 Å². The van der Waals surface area contributed by atoms with Gasteiger partial charge in [-0.3, -0.25) is 4.90 Å². The Hall–Kier alpha value is -2.41. The third kappa shape index (κ3) is 3.64. The maximum atomic E-state index is 13.2. The molecule has 0 spiro atoms. The van der Waals surface area contributed by atoms with E-state index in [9.17, 15) is 4.79 Å². The third-order valence-corrected chi connectivity index (χ3v) is 5.94. The first-order valence-electron chi connectivity index (χ1n) is 9.92. The van der Waals surface area contributed by atoms with E-state index in [2.05, 4.69) is 0 Å². The Morgan fingerprint density at radius 1 is 0.966 bits per heavy atom. The molecule has 2 aromatic carbocycles. The second kappa shape index (κ2) is 8.14. The zero-order valence-electron chi connectivity index (χ0n) is 17.0. The van der Waals surface area contributed by atoms with E-state index in [0.29, 0.717) is 12.8 Å². The Labute approximate surface area is 171 Å². The molecule has 5 atom stereocenters. The second-order valence-corrected chi connectivity index (χ2v) is 7.57. The van der Waals surface area contributed by atoms with Crippen LogP contribution in [0.25, 0.3) is 0 Å². The molecule has 1 amide bonds. The average Bonchev–Trinajstić information content (AvgIpc) is 3.11. The Morgan fingerprint density at radius 2 is 1.59 bits per heavy atom. The summed E-state index contributed by atoms with van der Waals surface area (Å²) in [5.41, 5.74) is 1.97. The van der Waals surface area contributed by atoms with E-state index in [4.69, 9.17) is 18.9 Å². The van der Waals surface area contributed by atoms with Crippen LogP contribution in [0.1, 0.15) is 43.0 Å². The fourth-order valence-electron chi connectivity index (χ4n) is 4.39. The molecule has 6 nitrogen and oxygen atoms in total. The number of cyclic esters (lactones) is 1. The first kappa shape index (κ1) is 19.9. The summed E-state index contributed by atoms with van der Waals surface area (Å²) in [6.45, 7) is 1.86. The molecule has 0 bridgehead atoms. The van der Waals surface area contributed by atoms with Crippen LogP contribution in [0.5, 0.6) is 0 Å². The van der Waals surface area contributed by atoms with Gasteiger partial charge in [-0.25, -0.2) is 4.79 Å². The average molecular weight is 397 g/mol. The van der Waals surface area contributed by atoms with Crippen LogP contribution in [0.2, 0.25) is 0 Å². The predicted molar refractivity (Wildman–Crippen MR) is 107 cm³/mol. The first-order chi connectivity index (χ1) is 14.1. The van der Waals surface area contributed by atoms with Crippen molar-refractivity contribution in [1.29, 1.82) is 0 Å². The molecule has 0 aromatic heterocycles. The van der Waals surface area contributed by atoms with Crippen molar-refractivity contribution in [3.05, 3.63) is 71.8 Å². The van der Waals surface area contributed by atoms with Crippen LogP contribution in [0.4, 0.5) is 4.79 Å². The summed E-state index contributed by atoms with van der Waals surface area (Å²) >= 11 is 0. The van der Waals surface area contributed by atoms with Crippen molar-refractivity contribution in [2.75, 3.05) is 14.2 Å². The van der Waals surface area contributed by atoms with E-state index in [0.717, 1.165) is 11.1 Å². The fraction of sp³-hybridized carbons (Fsp3) is 0.435. The van der Waals surface area contributed by atoms with Gasteiger partial charge in [-0.15, -0.1) is 0 Å². The van der Waals surface area contributed by atoms with Gasteiger partial charge in [0.25, 0.3) is 0 Å². The number of hydrogen-bond donors (Lipinski definition) is 0. The van der Waals surface area contributed by atoms with Crippen LogP contribution >= 0.6 is 0 Å². The number of benzene rings is 2. The molecule has 0 N–H and O–H groups in total. The maximum absolute atomic E-state index is 13.2. The molecule has 2 aliphatic heterocycles. The van der Waals surface area contributed by atoms with E-state index < -0.39 is 11.9 Å². The molecule has 2 heterocycles. The summed E-state index contributed by atoms with van der Waals surface area (Å²) < 4.78 is 23.1. The second-order valence-electron chi connectivity index (χ2n) is 7.57. The van der Waals surface area contributed by atoms with Crippen molar-refractivity contribution in [1.82, 2.24) is 4.90 Å². The van der Waals surface area contributed by atoms with Crippen LogP contribution in [-0.4, -0.2) is 43.3 Å². The van der Waals surface area contributed by atoms with Gasteiger partial charge in [-0.1, -0.05) is 60.7 Å². The highest BCUT2D eigenvalue weighted by Gasteiger charge is 2.54. The molecule has 0 saturated carbocycles. The Morgan fingerprint density at radius 3 is 2.17 bits per heavy atom. The number of methoxy groups -OCH3 is 2. The Balaban J connectivity index is 1.75. The standard InChI is InChI=1S/C23H27NO5/c1-23(27-3)18(14-15-19(26-2)29-23)24-20(16-10-6-4-7-11-16)21(28-22(24)25)17-12-8-5-9-13-17/h4-13,18-21H,14-15H2,1-3H3/t18-,19-,20-,21+,23+/m1/s1. The summed E-state index contributed by atoms with van der Waals surface area (Å²) in [6, 6.07) is 19.2. The predicted octanol–water partition coefficient (Wildman–Crippen LogP) is 4.44. The van der Waals surface area contributed by atoms with Crippen molar-refractivity contribution in [3.63, 3.8) is 0 Å². The lowest BCUT2D eigenvalue weighted by Crippen LogP contribution is -2.59. The molecule has 29 heavy (non-hydrogen) atoms. The number of carbonyl (C=O) groups excluding carboxylic acids is 1. The quantitative estimate of drug-likeness (QED) is 0.747. The highest BCUT2D eigenvalue weighted by Crippen LogP contribution is 2.48. The smallest absolute Gasteiger partial charge is 0.411 e. The minimum Gasteiger partial charge on any atom is -0.439 e. The monoisotopic (exact) mass is 397 g/mol. The molecule has 2 aliphatic rings. The molecule has 154 valence electrons. The van der Waals surface area contributed by atoms with E-state index >= 15 is 0 Å². The number of ether oxygens (including phenoxy) is 4.